The van der Waals surface area contributed by atoms with Crippen molar-refractivity contribution in [2.45, 2.75) is 0 Å². The number of carbonyl (C=O) groups is 1. The fourth-order valence-corrected chi connectivity index (χ4v) is 1.73. The Morgan fingerprint density at radius 1 is 1.00 bits per heavy atom. The standard InChI is InChI=1S/C13H8Cl2O2/c14-10-2-1-3-11(6-10)17-12-5-4-9(8-16)13(15)7-12/h1-8H. The SMILES string of the molecule is O=Cc1ccc(Oc2cccc(Cl)c2)cc1Cl. The molecule has 0 unspecified atom stereocenters. The number of aldehydes is 1. The van der Waals surface area contributed by atoms with Gasteiger partial charge in [0, 0.05) is 16.7 Å². The Labute approximate surface area is 109 Å². The average Bonchev–Trinajstić information content (AvgIpc) is 2.29. The minimum atomic E-state index is 0.361. The van der Waals surface area contributed by atoms with Crippen LogP contribution in [0.3, 0.4) is 0 Å². The van der Waals surface area contributed by atoms with E-state index in [0.717, 1.165) is 0 Å². The van der Waals surface area contributed by atoms with Crippen molar-refractivity contribution in [2.24, 2.45) is 0 Å². The molecule has 0 aromatic heterocycles. The first-order chi connectivity index (χ1) is 8.19. The van der Waals surface area contributed by atoms with E-state index in [1.165, 1.54) is 0 Å². The first-order valence-electron chi connectivity index (χ1n) is 4.87. The maximum atomic E-state index is 10.6. The summed E-state index contributed by atoms with van der Waals surface area (Å²) >= 11 is 11.7. The summed E-state index contributed by atoms with van der Waals surface area (Å²) in [6.45, 7) is 0. The summed E-state index contributed by atoms with van der Waals surface area (Å²) in [5.41, 5.74) is 0.435. The normalized spacial score (nSPS) is 10.0. The van der Waals surface area contributed by atoms with Gasteiger partial charge in [0.15, 0.2) is 6.29 Å². The zero-order valence-corrected chi connectivity index (χ0v) is 10.2. The van der Waals surface area contributed by atoms with Gasteiger partial charge in [0.1, 0.15) is 11.5 Å². The Kier molecular flexibility index (Phi) is 3.67. The van der Waals surface area contributed by atoms with Crippen molar-refractivity contribution in [3.8, 4) is 11.5 Å². The molecule has 2 nitrogen and oxygen atoms in total. The Morgan fingerprint density at radius 3 is 2.41 bits per heavy atom. The van der Waals surface area contributed by atoms with Gasteiger partial charge >= 0.3 is 0 Å². The average molecular weight is 267 g/mol. The highest BCUT2D eigenvalue weighted by atomic mass is 35.5. The number of hydrogen-bond donors (Lipinski definition) is 0. The van der Waals surface area contributed by atoms with Crippen LogP contribution in [0, 0.1) is 0 Å². The molecule has 0 aliphatic carbocycles. The molecule has 0 heterocycles. The molecule has 2 rings (SSSR count). The first-order valence-corrected chi connectivity index (χ1v) is 5.63. The van der Waals surface area contributed by atoms with Crippen LogP contribution >= 0.6 is 23.2 Å². The third kappa shape index (κ3) is 2.99. The number of rotatable bonds is 3. The van der Waals surface area contributed by atoms with Gasteiger partial charge in [-0.3, -0.25) is 4.79 Å². The lowest BCUT2D eigenvalue weighted by Gasteiger charge is -2.06. The Bertz CT molecular complexity index is 553. The molecule has 4 heteroatoms. The smallest absolute Gasteiger partial charge is 0.151 e. The van der Waals surface area contributed by atoms with Crippen LogP contribution in [0.1, 0.15) is 10.4 Å². The summed E-state index contributed by atoms with van der Waals surface area (Å²) in [5.74, 6) is 1.18. The Morgan fingerprint density at radius 2 is 1.76 bits per heavy atom. The van der Waals surface area contributed by atoms with Crippen LogP contribution in [0.2, 0.25) is 10.0 Å². The van der Waals surface area contributed by atoms with Crippen LogP contribution in [0.15, 0.2) is 42.5 Å². The van der Waals surface area contributed by atoms with Gasteiger partial charge in [0.2, 0.25) is 0 Å². The summed E-state index contributed by atoms with van der Waals surface area (Å²) in [7, 11) is 0. The molecule has 0 fully saturated rings. The van der Waals surface area contributed by atoms with E-state index in [1.54, 1.807) is 42.5 Å². The lowest BCUT2D eigenvalue weighted by atomic mass is 10.2. The molecule has 2 aromatic carbocycles. The van der Waals surface area contributed by atoms with Crippen molar-refractivity contribution in [1.29, 1.82) is 0 Å². The largest absolute Gasteiger partial charge is 0.457 e. The maximum Gasteiger partial charge on any atom is 0.151 e. The van der Waals surface area contributed by atoms with Gasteiger partial charge in [-0.25, -0.2) is 0 Å². The fourth-order valence-electron chi connectivity index (χ4n) is 1.33. The van der Waals surface area contributed by atoms with Crippen LogP contribution in [-0.4, -0.2) is 6.29 Å². The van der Waals surface area contributed by atoms with E-state index < -0.39 is 0 Å². The molecule has 0 amide bonds. The summed E-state index contributed by atoms with van der Waals surface area (Å²) in [4.78, 5) is 10.6. The fraction of sp³-hybridized carbons (Fsp3) is 0. The van der Waals surface area contributed by atoms with Gasteiger partial charge in [0.05, 0.1) is 5.02 Å². The van der Waals surface area contributed by atoms with Crippen molar-refractivity contribution < 1.29 is 9.53 Å². The van der Waals surface area contributed by atoms with E-state index in [2.05, 4.69) is 0 Å². The number of halogens is 2. The van der Waals surface area contributed by atoms with E-state index in [1.807, 2.05) is 0 Å². The summed E-state index contributed by atoms with van der Waals surface area (Å²) in [6.07, 6.45) is 0.700. The summed E-state index contributed by atoms with van der Waals surface area (Å²) in [5, 5.41) is 0.956. The molecule has 0 aliphatic heterocycles. The molecule has 0 spiro atoms. The quantitative estimate of drug-likeness (QED) is 0.760. The monoisotopic (exact) mass is 266 g/mol. The topological polar surface area (TPSA) is 26.3 Å². The minimum Gasteiger partial charge on any atom is -0.457 e. The molecule has 0 saturated heterocycles. The van der Waals surface area contributed by atoms with Crippen LogP contribution in [-0.2, 0) is 0 Å². The lowest BCUT2D eigenvalue weighted by molar-refractivity contribution is 0.112. The Balaban J connectivity index is 2.24. The summed E-state index contributed by atoms with van der Waals surface area (Å²) < 4.78 is 5.55. The van der Waals surface area contributed by atoms with E-state index in [9.17, 15) is 4.79 Å². The van der Waals surface area contributed by atoms with Crippen LogP contribution in [0.4, 0.5) is 0 Å². The Hall–Kier alpha value is -1.51. The van der Waals surface area contributed by atoms with E-state index in [4.69, 9.17) is 27.9 Å². The number of ether oxygens (including phenoxy) is 1. The zero-order valence-electron chi connectivity index (χ0n) is 8.69. The van der Waals surface area contributed by atoms with Crippen molar-refractivity contribution in [3.05, 3.63) is 58.1 Å². The molecule has 0 atom stereocenters. The first kappa shape index (κ1) is 12.0. The van der Waals surface area contributed by atoms with Gasteiger partial charge in [-0.05, 0) is 30.3 Å². The lowest BCUT2D eigenvalue weighted by Crippen LogP contribution is -1.86. The van der Waals surface area contributed by atoms with E-state index >= 15 is 0 Å². The van der Waals surface area contributed by atoms with Crippen molar-refractivity contribution >= 4 is 29.5 Å². The molecular formula is C13H8Cl2O2. The molecule has 2 aromatic rings. The van der Waals surface area contributed by atoms with E-state index in [0.29, 0.717) is 33.4 Å². The van der Waals surface area contributed by atoms with Crippen LogP contribution in [0.25, 0.3) is 0 Å². The second-order valence-electron chi connectivity index (χ2n) is 3.36. The molecule has 86 valence electrons. The number of hydrogen-bond acceptors (Lipinski definition) is 2. The zero-order chi connectivity index (χ0) is 12.3. The number of benzene rings is 2. The van der Waals surface area contributed by atoms with Gasteiger partial charge < -0.3 is 4.74 Å². The molecule has 0 radical (unpaired) electrons. The summed E-state index contributed by atoms with van der Waals surface area (Å²) in [6, 6.07) is 11.9. The van der Waals surface area contributed by atoms with E-state index in [-0.39, 0.29) is 0 Å². The highest BCUT2D eigenvalue weighted by Crippen LogP contribution is 2.27. The predicted molar refractivity (Wildman–Crippen MR) is 68.4 cm³/mol. The molecule has 17 heavy (non-hydrogen) atoms. The van der Waals surface area contributed by atoms with Gasteiger partial charge in [0.25, 0.3) is 0 Å². The van der Waals surface area contributed by atoms with Gasteiger partial charge in [-0.2, -0.15) is 0 Å². The van der Waals surface area contributed by atoms with Crippen LogP contribution in [0.5, 0.6) is 11.5 Å². The molecule has 0 N–H and O–H groups in total. The van der Waals surface area contributed by atoms with Gasteiger partial charge in [-0.15, -0.1) is 0 Å². The van der Waals surface area contributed by atoms with Gasteiger partial charge in [-0.1, -0.05) is 29.3 Å². The molecule has 0 bridgehead atoms. The van der Waals surface area contributed by atoms with Crippen LogP contribution < -0.4 is 4.74 Å². The van der Waals surface area contributed by atoms with Crippen molar-refractivity contribution in [2.75, 3.05) is 0 Å². The second kappa shape index (κ2) is 5.21. The predicted octanol–water partition coefficient (Wildman–Crippen LogP) is 4.60. The maximum absolute atomic E-state index is 10.6. The highest BCUT2D eigenvalue weighted by Gasteiger charge is 2.03. The molecular weight excluding hydrogens is 259 g/mol. The highest BCUT2D eigenvalue weighted by molar-refractivity contribution is 6.33. The van der Waals surface area contributed by atoms with Crippen molar-refractivity contribution in [3.63, 3.8) is 0 Å². The third-order valence-corrected chi connectivity index (χ3v) is 2.69. The minimum absolute atomic E-state index is 0.361. The second-order valence-corrected chi connectivity index (χ2v) is 4.20. The molecule has 0 saturated carbocycles. The number of carbonyl (C=O) groups excluding carboxylic acids is 1. The molecule has 0 aliphatic rings. The van der Waals surface area contributed by atoms with Crippen molar-refractivity contribution in [1.82, 2.24) is 0 Å². The third-order valence-electron chi connectivity index (χ3n) is 2.13.